The van der Waals surface area contributed by atoms with Gasteiger partial charge in [-0.25, -0.2) is 0 Å². The lowest BCUT2D eigenvalue weighted by atomic mass is 10.1. The van der Waals surface area contributed by atoms with Crippen LogP contribution in [0.5, 0.6) is 11.5 Å². The molecule has 38 heavy (non-hydrogen) atoms. The molecule has 4 aromatic rings. The molecule has 0 aliphatic carbocycles. The number of aliphatic carboxylic acids is 1. The molecule has 0 saturated carbocycles. The quantitative estimate of drug-likeness (QED) is 0.236. The number of pyridine rings is 1. The zero-order valence-electron chi connectivity index (χ0n) is 19.8. The maximum absolute atomic E-state index is 12.5. The zero-order chi connectivity index (χ0) is 27.1. The molecule has 4 rings (SSSR count). The van der Waals surface area contributed by atoms with Crippen molar-refractivity contribution in [3.8, 4) is 11.5 Å². The number of carbonyl (C=O) groups excluding carboxylic acids is 2. The molecule has 0 fully saturated rings. The molecule has 0 atom stereocenters. The molecule has 2 amide bonds. The van der Waals surface area contributed by atoms with E-state index < -0.39 is 5.97 Å². The van der Waals surface area contributed by atoms with Crippen LogP contribution in [0.3, 0.4) is 0 Å². The lowest BCUT2D eigenvalue weighted by Gasteiger charge is -2.14. The Balaban J connectivity index is 1.47. The smallest absolute Gasteiger partial charge is 0.307 e. The van der Waals surface area contributed by atoms with Crippen LogP contribution in [0.4, 0.5) is 5.69 Å². The monoisotopic (exact) mass is 549 g/mol. The van der Waals surface area contributed by atoms with Crippen LogP contribution in [0, 0.1) is 0 Å². The summed E-state index contributed by atoms with van der Waals surface area (Å²) in [6.45, 7) is 0.0932. The Morgan fingerprint density at radius 3 is 2.34 bits per heavy atom. The molecular formula is C28H21Cl2N3O5. The van der Waals surface area contributed by atoms with Gasteiger partial charge in [0.15, 0.2) is 0 Å². The number of carboxylic acid groups (broad SMARTS) is 1. The Kier molecular flexibility index (Phi) is 8.58. The van der Waals surface area contributed by atoms with Gasteiger partial charge in [0.05, 0.1) is 16.5 Å². The molecule has 1 heterocycles. The van der Waals surface area contributed by atoms with E-state index in [1.165, 1.54) is 12.3 Å². The number of rotatable bonds is 9. The van der Waals surface area contributed by atoms with E-state index in [0.717, 1.165) is 0 Å². The SMILES string of the molecule is O=C(O)Cc1ccc(Oc2ccc(NC(=O)c3ccc(Cl)c(Cl)c3)cc2)c(CNC(=O)c2ccccn2)c1. The molecule has 8 nitrogen and oxygen atoms in total. The van der Waals surface area contributed by atoms with Crippen molar-refractivity contribution in [3.05, 3.63) is 117 Å². The molecule has 0 spiro atoms. The van der Waals surface area contributed by atoms with Crippen molar-refractivity contribution in [3.63, 3.8) is 0 Å². The summed E-state index contributed by atoms with van der Waals surface area (Å²) >= 11 is 11.9. The summed E-state index contributed by atoms with van der Waals surface area (Å²) in [6.07, 6.45) is 1.35. The Hall–Kier alpha value is -4.40. The van der Waals surface area contributed by atoms with Gasteiger partial charge in [-0.15, -0.1) is 0 Å². The van der Waals surface area contributed by atoms with Crippen LogP contribution in [0.15, 0.2) is 85.1 Å². The lowest BCUT2D eigenvalue weighted by molar-refractivity contribution is -0.136. The number of amides is 2. The summed E-state index contributed by atoms with van der Waals surface area (Å²) in [5.41, 5.74) is 2.30. The summed E-state index contributed by atoms with van der Waals surface area (Å²) in [6, 6.07) is 21.3. The Labute approximate surface area is 228 Å². The number of carboxylic acids is 1. The summed E-state index contributed by atoms with van der Waals surface area (Å²) in [7, 11) is 0. The molecule has 1 aromatic heterocycles. The lowest BCUT2D eigenvalue weighted by Crippen LogP contribution is -2.24. The fourth-order valence-electron chi connectivity index (χ4n) is 3.49. The Bertz CT molecular complexity index is 1480. The minimum absolute atomic E-state index is 0.0932. The number of carbonyl (C=O) groups is 3. The van der Waals surface area contributed by atoms with Gasteiger partial charge in [0.2, 0.25) is 0 Å². The first-order valence-electron chi connectivity index (χ1n) is 11.4. The van der Waals surface area contributed by atoms with Crippen molar-refractivity contribution >= 4 is 46.7 Å². The van der Waals surface area contributed by atoms with Crippen molar-refractivity contribution in [1.29, 1.82) is 0 Å². The number of ether oxygens (including phenoxy) is 1. The van der Waals surface area contributed by atoms with Crippen molar-refractivity contribution in [2.45, 2.75) is 13.0 Å². The third-order valence-electron chi connectivity index (χ3n) is 5.34. The van der Waals surface area contributed by atoms with Gasteiger partial charge in [-0.2, -0.15) is 0 Å². The molecule has 0 unspecified atom stereocenters. The summed E-state index contributed by atoms with van der Waals surface area (Å²) in [5, 5.41) is 15.4. The normalized spacial score (nSPS) is 10.5. The number of hydrogen-bond donors (Lipinski definition) is 3. The molecule has 3 N–H and O–H groups in total. The molecule has 0 bridgehead atoms. The predicted octanol–water partition coefficient (Wildman–Crippen LogP) is 5.99. The minimum Gasteiger partial charge on any atom is -0.481 e. The molecule has 0 saturated heterocycles. The molecule has 3 aromatic carbocycles. The van der Waals surface area contributed by atoms with E-state index in [4.69, 9.17) is 33.0 Å². The van der Waals surface area contributed by atoms with E-state index in [1.54, 1.807) is 72.8 Å². The first-order chi connectivity index (χ1) is 18.3. The zero-order valence-corrected chi connectivity index (χ0v) is 21.3. The summed E-state index contributed by atoms with van der Waals surface area (Å²) < 4.78 is 6.02. The van der Waals surface area contributed by atoms with E-state index >= 15 is 0 Å². The number of hydrogen-bond acceptors (Lipinski definition) is 5. The topological polar surface area (TPSA) is 118 Å². The number of nitrogens with zero attached hydrogens (tertiary/aromatic N) is 1. The van der Waals surface area contributed by atoms with Gasteiger partial charge in [0.1, 0.15) is 17.2 Å². The Morgan fingerprint density at radius 2 is 1.66 bits per heavy atom. The third kappa shape index (κ3) is 7.09. The van der Waals surface area contributed by atoms with Crippen LogP contribution in [0.25, 0.3) is 0 Å². The molecule has 10 heteroatoms. The van der Waals surface area contributed by atoms with E-state index in [2.05, 4.69) is 15.6 Å². The fourth-order valence-corrected chi connectivity index (χ4v) is 3.79. The number of aromatic nitrogens is 1. The van der Waals surface area contributed by atoms with E-state index in [1.807, 2.05) is 0 Å². The van der Waals surface area contributed by atoms with Gasteiger partial charge < -0.3 is 20.5 Å². The minimum atomic E-state index is -0.972. The van der Waals surface area contributed by atoms with Crippen LogP contribution in [0.2, 0.25) is 10.0 Å². The van der Waals surface area contributed by atoms with Gasteiger partial charge in [-0.3, -0.25) is 19.4 Å². The average Bonchev–Trinajstić information content (AvgIpc) is 2.91. The summed E-state index contributed by atoms with van der Waals surface area (Å²) in [5.74, 6) is -0.783. The van der Waals surface area contributed by atoms with Gasteiger partial charge >= 0.3 is 5.97 Å². The second-order valence-corrected chi connectivity index (χ2v) is 8.93. The van der Waals surface area contributed by atoms with Crippen LogP contribution in [0.1, 0.15) is 32.0 Å². The molecule has 0 aliphatic rings. The second kappa shape index (κ2) is 12.2. The standard InChI is InChI=1S/C28H21Cl2N3O5/c29-22-10-5-18(15-23(22)30)27(36)33-20-6-8-21(9-7-20)38-25-11-4-17(14-26(34)35)13-19(25)16-32-28(37)24-3-1-2-12-31-24/h1-13,15H,14,16H2,(H,32,37)(H,33,36)(H,34,35). The molecule has 192 valence electrons. The van der Waals surface area contributed by atoms with Gasteiger partial charge in [-0.1, -0.05) is 35.3 Å². The maximum atomic E-state index is 12.5. The first-order valence-corrected chi connectivity index (χ1v) is 12.1. The highest BCUT2D eigenvalue weighted by Crippen LogP contribution is 2.28. The molecular weight excluding hydrogens is 529 g/mol. The first kappa shape index (κ1) is 26.7. The van der Waals surface area contributed by atoms with Crippen molar-refractivity contribution in [2.24, 2.45) is 0 Å². The van der Waals surface area contributed by atoms with E-state index in [0.29, 0.717) is 38.9 Å². The molecule has 0 radical (unpaired) electrons. The highest BCUT2D eigenvalue weighted by molar-refractivity contribution is 6.42. The van der Waals surface area contributed by atoms with Crippen LogP contribution >= 0.6 is 23.2 Å². The number of benzene rings is 3. The van der Waals surface area contributed by atoms with Crippen molar-refractivity contribution in [1.82, 2.24) is 10.3 Å². The third-order valence-corrected chi connectivity index (χ3v) is 6.08. The van der Waals surface area contributed by atoms with E-state index in [9.17, 15) is 14.4 Å². The highest BCUT2D eigenvalue weighted by atomic mass is 35.5. The molecule has 0 aliphatic heterocycles. The van der Waals surface area contributed by atoms with Crippen LogP contribution in [-0.2, 0) is 17.8 Å². The predicted molar refractivity (Wildman–Crippen MR) is 144 cm³/mol. The second-order valence-electron chi connectivity index (χ2n) is 8.12. The fraction of sp³-hybridized carbons (Fsp3) is 0.0714. The van der Waals surface area contributed by atoms with Crippen molar-refractivity contribution < 1.29 is 24.2 Å². The van der Waals surface area contributed by atoms with Crippen molar-refractivity contribution in [2.75, 3.05) is 5.32 Å². The highest BCUT2D eigenvalue weighted by Gasteiger charge is 2.13. The average molecular weight is 550 g/mol. The van der Waals surface area contributed by atoms with Gasteiger partial charge in [0.25, 0.3) is 11.8 Å². The number of nitrogens with one attached hydrogen (secondary N) is 2. The largest absolute Gasteiger partial charge is 0.481 e. The van der Waals surface area contributed by atoms with Crippen LogP contribution < -0.4 is 15.4 Å². The van der Waals surface area contributed by atoms with Gasteiger partial charge in [0, 0.05) is 29.6 Å². The summed E-state index contributed by atoms with van der Waals surface area (Å²) in [4.78, 5) is 40.2. The number of halogens is 2. The number of anilines is 1. The maximum Gasteiger partial charge on any atom is 0.307 e. The Morgan fingerprint density at radius 1 is 0.868 bits per heavy atom. The van der Waals surface area contributed by atoms with Gasteiger partial charge in [-0.05, 0) is 72.3 Å². The van der Waals surface area contributed by atoms with E-state index in [-0.39, 0.29) is 35.5 Å². The van der Waals surface area contributed by atoms with Crippen LogP contribution in [-0.4, -0.2) is 27.9 Å².